The molecule has 26 heavy (non-hydrogen) atoms. The number of carbonyl (C=O) groups excluding carboxylic acids is 1. The minimum absolute atomic E-state index is 0.0787. The normalized spacial score (nSPS) is 15.3. The molecule has 0 radical (unpaired) electrons. The minimum Gasteiger partial charge on any atom is -0.472 e. The third-order valence-electron chi connectivity index (χ3n) is 4.92. The van der Waals surface area contributed by atoms with Crippen LogP contribution in [0.5, 0.6) is 0 Å². The SMILES string of the molecule is COCCOCc1ccc(CC2CCN(C(=O)c3ccoc3)CC2)cc1. The molecule has 2 heterocycles. The topological polar surface area (TPSA) is 51.9 Å². The van der Waals surface area contributed by atoms with Crippen molar-refractivity contribution >= 4 is 5.91 Å². The number of furan rings is 1. The molecule has 1 saturated heterocycles. The molecule has 1 fully saturated rings. The summed E-state index contributed by atoms with van der Waals surface area (Å²) in [5.74, 6) is 0.710. The second-order valence-electron chi connectivity index (χ2n) is 6.81. The van der Waals surface area contributed by atoms with Crippen LogP contribution in [0.2, 0.25) is 0 Å². The highest BCUT2D eigenvalue weighted by Gasteiger charge is 2.24. The van der Waals surface area contributed by atoms with Gasteiger partial charge in [0.15, 0.2) is 0 Å². The smallest absolute Gasteiger partial charge is 0.257 e. The number of hydrogen-bond donors (Lipinski definition) is 0. The summed E-state index contributed by atoms with van der Waals surface area (Å²) in [6.45, 7) is 3.51. The zero-order valence-electron chi connectivity index (χ0n) is 15.4. The largest absolute Gasteiger partial charge is 0.472 e. The van der Waals surface area contributed by atoms with Crippen LogP contribution >= 0.6 is 0 Å². The summed E-state index contributed by atoms with van der Waals surface area (Å²) in [5.41, 5.74) is 3.18. The number of piperidine rings is 1. The van der Waals surface area contributed by atoms with E-state index in [1.807, 2.05) is 4.90 Å². The molecule has 3 rings (SSSR count). The third kappa shape index (κ3) is 5.19. The predicted octanol–water partition coefficient (Wildman–Crippen LogP) is 3.54. The van der Waals surface area contributed by atoms with Crippen molar-refractivity contribution in [2.45, 2.75) is 25.9 Å². The lowest BCUT2D eigenvalue weighted by atomic mass is 9.90. The number of hydrogen-bond acceptors (Lipinski definition) is 4. The van der Waals surface area contributed by atoms with Crippen LogP contribution in [0.25, 0.3) is 0 Å². The lowest BCUT2D eigenvalue weighted by Gasteiger charge is -2.31. The number of likely N-dealkylation sites (tertiary alicyclic amines) is 1. The van der Waals surface area contributed by atoms with Crippen LogP contribution < -0.4 is 0 Å². The second-order valence-corrected chi connectivity index (χ2v) is 6.81. The van der Waals surface area contributed by atoms with Gasteiger partial charge in [-0.1, -0.05) is 24.3 Å². The van der Waals surface area contributed by atoms with Gasteiger partial charge in [-0.3, -0.25) is 4.79 Å². The van der Waals surface area contributed by atoms with Crippen LogP contribution in [-0.4, -0.2) is 44.2 Å². The van der Waals surface area contributed by atoms with Gasteiger partial charge in [-0.2, -0.15) is 0 Å². The molecule has 0 bridgehead atoms. The average Bonchev–Trinajstić information content (AvgIpc) is 3.21. The molecule has 1 aliphatic heterocycles. The first-order chi connectivity index (χ1) is 12.8. The molecule has 5 nitrogen and oxygen atoms in total. The minimum atomic E-state index is 0.0787. The maximum Gasteiger partial charge on any atom is 0.257 e. The van der Waals surface area contributed by atoms with Gasteiger partial charge in [0, 0.05) is 20.2 Å². The van der Waals surface area contributed by atoms with E-state index in [1.54, 1.807) is 19.4 Å². The van der Waals surface area contributed by atoms with Gasteiger partial charge >= 0.3 is 0 Å². The highest BCUT2D eigenvalue weighted by Crippen LogP contribution is 2.23. The molecule has 1 aromatic heterocycles. The van der Waals surface area contributed by atoms with Gasteiger partial charge in [-0.05, 0) is 42.4 Å². The molecule has 0 spiro atoms. The Balaban J connectivity index is 1.42. The number of amides is 1. The Hall–Kier alpha value is -2.11. The van der Waals surface area contributed by atoms with Crippen molar-refractivity contribution in [3.05, 3.63) is 59.5 Å². The van der Waals surface area contributed by atoms with E-state index in [1.165, 1.54) is 17.4 Å². The molecular formula is C21H27NO4. The number of ether oxygens (including phenoxy) is 2. The van der Waals surface area contributed by atoms with E-state index >= 15 is 0 Å². The van der Waals surface area contributed by atoms with Crippen molar-refractivity contribution in [3.63, 3.8) is 0 Å². The van der Waals surface area contributed by atoms with E-state index in [-0.39, 0.29) is 5.91 Å². The summed E-state index contributed by atoms with van der Waals surface area (Å²) in [5, 5.41) is 0. The molecular weight excluding hydrogens is 330 g/mol. The number of methoxy groups -OCH3 is 1. The van der Waals surface area contributed by atoms with Crippen molar-refractivity contribution in [2.75, 3.05) is 33.4 Å². The van der Waals surface area contributed by atoms with Crippen LogP contribution in [-0.2, 0) is 22.5 Å². The Labute approximate surface area is 154 Å². The Bertz CT molecular complexity index is 658. The van der Waals surface area contributed by atoms with Gasteiger partial charge in [-0.15, -0.1) is 0 Å². The Kier molecular flexibility index (Phi) is 6.86. The number of carbonyl (C=O) groups is 1. The summed E-state index contributed by atoms with van der Waals surface area (Å²) >= 11 is 0. The van der Waals surface area contributed by atoms with E-state index in [0.717, 1.165) is 32.4 Å². The van der Waals surface area contributed by atoms with Gasteiger partial charge in [0.1, 0.15) is 6.26 Å². The fourth-order valence-corrected chi connectivity index (χ4v) is 3.35. The number of nitrogens with zero attached hydrogens (tertiary/aromatic N) is 1. The summed E-state index contributed by atoms with van der Waals surface area (Å²) in [6.07, 6.45) is 6.23. The Morgan fingerprint density at radius 1 is 1.12 bits per heavy atom. The fourth-order valence-electron chi connectivity index (χ4n) is 3.35. The molecule has 0 unspecified atom stereocenters. The monoisotopic (exact) mass is 357 g/mol. The molecule has 0 saturated carbocycles. The van der Waals surface area contributed by atoms with Crippen molar-refractivity contribution < 1.29 is 18.7 Å². The van der Waals surface area contributed by atoms with E-state index in [9.17, 15) is 4.79 Å². The lowest BCUT2D eigenvalue weighted by Crippen LogP contribution is -2.38. The third-order valence-corrected chi connectivity index (χ3v) is 4.92. The van der Waals surface area contributed by atoms with Gasteiger partial charge in [-0.25, -0.2) is 0 Å². The molecule has 1 aliphatic rings. The highest BCUT2D eigenvalue weighted by molar-refractivity contribution is 5.93. The van der Waals surface area contributed by atoms with Crippen LogP contribution in [0, 0.1) is 5.92 Å². The summed E-state index contributed by atoms with van der Waals surface area (Å²) in [7, 11) is 1.68. The number of benzene rings is 1. The second kappa shape index (κ2) is 9.55. The predicted molar refractivity (Wildman–Crippen MR) is 99.0 cm³/mol. The molecule has 140 valence electrons. The lowest BCUT2D eigenvalue weighted by molar-refractivity contribution is 0.0616. The molecule has 2 aromatic rings. The first-order valence-electron chi connectivity index (χ1n) is 9.22. The first-order valence-corrected chi connectivity index (χ1v) is 9.22. The Morgan fingerprint density at radius 3 is 2.50 bits per heavy atom. The Morgan fingerprint density at radius 2 is 1.85 bits per heavy atom. The standard InChI is InChI=1S/C21H27NO4/c1-24-12-13-26-15-19-4-2-17(3-5-19)14-18-6-9-22(10-7-18)21(23)20-8-11-25-16-20/h2-5,8,11,16,18H,6-7,9-10,12-15H2,1H3. The van der Waals surface area contributed by atoms with Crippen LogP contribution in [0.15, 0.2) is 47.3 Å². The molecule has 1 aromatic carbocycles. The quantitative estimate of drug-likeness (QED) is 0.678. The fraction of sp³-hybridized carbons (Fsp3) is 0.476. The van der Waals surface area contributed by atoms with E-state index in [0.29, 0.717) is 31.3 Å². The summed E-state index contributed by atoms with van der Waals surface area (Å²) < 4.78 is 15.5. The maximum atomic E-state index is 12.3. The van der Waals surface area contributed by atoms with Crippen molar-refractivity contribution in [1.82, 2.24) is 4.90 Å². The molecule has 1 amide bonds. The van der Waals surface area contributed by atoms with Crippen molar-refractivity contribution in [3.8, 4) is 0 Å². The molecule has 0 aliphatic carbocycles. The summed E-state index contributed by atoms with van der Waals surface area (Å²) in [6, 6.07) is 10.4. The van der Waals surface area contributed by atoms with Gasteiger partial charge in [0.25, 0.3) is 5.91 Å². The van der Waals surface area contributed by atoms with Gasteiger partial charge < -0.3 is 18.8 Å². The van der Waals surface area contributed by atoms with Crippen molar-refractivity contribution in [2.24, 2.45) is 5.92 Å². The van der Waals surface area contributed by atoms with Crippen LogP contribution in [0.4, 0.5) is 0 Å². The first kappa shape index (κ1) is 18.7. The zero-order valence-corrected chi connectivity index (χ0v) is 15.4. The highest BCUT2D eigenvalue weighted by atomic mass is 16.5. The molecule has 0 atom stereocenters. The van der Waals surface area contributed by atoms with E-state index in [2.05, 4.69) is 24.3 Å². The van der Waals surface area contributed by atoms with E-state index < -0.39 is 0 Å². The van der Waals surface area contributed by atoms with Gasteiger partial charge in [0.2, 0.25) is 0 Å². The van der Waals surface area contributed by atoms with Gasteiger partial charge in [0.05, 0.1) is 31.6 Å². The molecule has 0 N–H and O–H groups in total. The zero-order chi connectivity index (χ0) is 18.2. The maximum absolute atomic E-state index is 12.3. The van der Waals surface area contributed by atoms with Crippen molar-refractivity contribution in [1.29, 1.82) is 0 Å². The molecule has 5 heteroatoms. The van der Waals surface area contributed by atoms with Crippen LogP contribution in [0.3, 0.4) is 0 Å². The van der Waals surface area contributed by atoms with E-state index in [4.69, 9.17) is 13.9 Å². The number of rotatable bonds is 8. The van der Waals surface area contributed by atoms with Crippen LogP contribution in [0.1, 0.15) is 34.3 Å². The average molecular weight is 357 g/mol. The summed E-state index contributed by atoms with van der Waals surface area (Å²) in [4.78, 5) is 14.3.